The average molecular weight is 258 g/mol. The largest absolute Gasteiger partial charge is 0.351 e. The molecular weight excluding hydrogens is 236 g/mol. The van der Waals surface area contributed by atoms with Crippen molar-refractivity contribution in [3.63, 3.8) is 0 Å². The van der Waals surface area contributed by atoms with Crippen LogP contribution in [0.5, 0.6) is 0 Å². The fourth-order valence-corrected chi connectivity index (χ4v) is 1.58. The number of nitrogens with zero attached hydrogens (tertiary/aromatic N) is 1. The van der Waals surface area contributed by atoms with Crippen molar-refractivity contribution >= 4 is 5.91 Å². The van der Waals surface area contributed by atoms with Gasteiger partial charge >= 0.3 is 0 Å². The van der Waals surface area contributed by atoms with Gasteiger partial charge in [-0.1, -0.05) is 30.2 Å². The van der Waals surface area contributed by atoms with E-state index in [9.17, 15) is 4.79 Å². The van der Waals surface area contributed by atoms with Gasteiger partial charge in [-0.2, -0.15) is 0 Å². The summed E-state index contributed by atoms with van der Waals surface area (Å²) in [6.45, 7) is 6.72. The van der Waals surface area contributed by atoms with E-state index in [1.165, 1.54) is 5.56 Å². The number of likely N-dealkylation sites (N-methyl/N-ethyl adjacent to an activating group) is 1. The topological polar surface area (TPSA) is 32.3 Å². The Morgan fingerprint density at radius 3 is 2.63 bits per heavy atom. The van der Waals surface area contributed by atoms with Gasteiger partial charge < -0.3 is 5.32 Å². The smallest absolute Gasteiger partial charge is 0.234 e. The summed E-state index contributed by atoms with van der Waals surface area (Å²) >= 11 is 0. The summed E-state index contributed by atoms with van der Waals surface area (Å²) in [7, 11) is 1.85. The van der Waals surface area contributed by atoms with Crippen LogP contribution in [0.4, 0.5) is 0 Å². The van der Waals surface area contributed by atoms with Crippen LogP contribution in [-0.4, -0.2) is 29.9 Å². The van der Waals surface area contributed by atoms with Crippen molar-refractivity contribution in [1.29, 1.82) is 0 Å². The summed E-state index contributed by atoms with van der Waals surface area (Å²) in [5.74, 6) is 2.66. The fourth-order valence-electron chi connectivity index (χ4n) is 1.58. The number of hydrogen-bond donors (Lipinski definition) is 1. The molecule has 0 bridgehead atoms. The molecule has 102 valence electrons. The Hall–Kier alpha value is -1.79. The Kier molecular flexibility index (Phi) is 5.14. The molecule has 0 atom stereocenters. The van der Waals surface area contributed by atoms with Crippen LogP contribution in [0, 0.1) is 19.3 Å². The first-order valence-corrected chi connectivity index (χ1v) is 6.37. The van der Waals surface area contributed by atoms with E-state index in [-0.39, 0.29) is 5.91 Å². The van der Waals surface area contributed by atoms with Gasteiger partial charge in [0.15, 0.2) is 0 Å². The van der Waals surface area contributed by atoms with Gasteiger partial charge in [-0.05, 0) is 38.9 Å². The van der Waals surface area contributed by atoms with Crippen molar-refractivity contribution in [2.45, 2.75) is 32.9 Å². The van der Waals surface area contributed by atoms with Crippen LogP contribution in [0.25, 0.3) is 0 Å². The maximum Gasteiger partial charge on any atom is 0.234 e. The van der Waals surface area contributed by atoms with Crippen molar-refractivity contribution in [1.82, 2.24) is 10.2 Å². The maximum atomic E-state index is 11.9. The van der Waals surface area contributed by atoms with Gasteiger partial charge in [-0.15, -0.1) is 6.42 Å². The summed E-state index contributed by atoms with van der Waals surface area (Å²) in [6.07, 6.45) is 5.44. The molecule has 0 saturated carbocycles. The molecule has 1 amide bonds. The first-order chi connectivity index (χ1) is 8.86. The summed E-state index contributed by atoms with van der Waals surface area (Å²) < 4.78 is 0. The van der Waals surface area contributed by atoms with Crippen LogP contribution in [-0.2, 0) is 11.3 Å². The molecule has 0 aromatic heterocycles. The molecular formula is C16H22N2O. The van der Waals surface area contributed by atoms with Gasteiger partial charge in [-0.25, -0.2) is 0 Å². The summed E-state index contributed by atoms with van der Waals surface area (Å²) in [5, 5.41) is 2.92. The van der Waals surface area contributed by atoms with Crippen molar-refractivity contribution in [3.05, 3.63) is 35.4 Å². The van der Waals surface area contributed by atoms with Crippen molar-refractivity contribution < 1.29 is 4.79 Å². The lowest BCUT2D eigenvalue weighted by atomic mass is 10.1. The molecule has 3 nitrogen and oxygen atoms in total. The highest BCUT2D eigenvalue weighted by molar-refractivity contribution is 5.78. The minimum atomic E-state index is -0.417. The minimum Gasteiger partial charge on any atom is -0.351 e. The van der Waals surface area contributed by atoms with Gasteiger partial charge in [0.1, 0.15) is 0 Å². The van der Waals surface area contributed by atoms with E-state index in [0.29, 0.717) is 13.1 Å². The average Bonchev–Trinajstić information content (AvgIpc) is 2.37. The SMILES string of the molecule is C#CC(C)(C)N(C)CC(=O)NCc1ccccc1C. The van der Waals surface area contributed by atoms with Crippen molar-refractivity contribution in [2.24, 2.45) is 0 Å². The molecule has 0 aliphatic heterocycles. The molecule has 1 N–H and O–H groups in total. The molecule has 0 unspecified atom stereocenters. The predicted octanol–water partition coefficient (Wildman–Crippen LogP) is 1.95. The molecule has 0 spiro atoms. The lowest BCUT2D eigenvalue weighted by Gasteiger charge is -2.30. The molecule has 0 aliphatic rings. The van der Waals surface area contributed by atoms with E-state index >= 15 is 0 Å². The van der Waals surface area contributed by atoms with E-state index in [1.807, 2.05) is 57.0 Å². The van der Waals surface area contributed by atoms with Crippen LogP contribution in [0.2, 0.25) is 0 Å². The van der Waals surface area contributed by atoms with Crippen molar-refractivity contribution in [3.8, 4) is 12.3 Å². The number of benzene rings is 1. The molecule has 0 heterocycles. The summed E-state index contributed by atoms with van der Waals surface area (Å²) in [5.41, 5.74) is 1.90. The monoisotopic (exact) mass is 258 g/mol. The number of carbonyl (C=O) groups excluding carboxylic acids is 1. The first-order valence-electron chi connectivity index (χ1n) is 6.37. The molecule has 1 aromatic carbocycles. The molecule has 0 fully saturated rings. The van der Waals surface area contributed by atoms with Crippen LogP contribution < -0.4 is 5.32 Å². The number of amides is 1. The van der Waals surface area contributed by atoms with Crippen LogP contribution in [0.3, 0.4) is 0 Å². The van der Waals surface area contributed by atoms with Crippen molar-refractivity contribution in [2.75, 3.05) is 13.6 Å². The molecule has 0 radical (unpaired) electrons. The molecule has 19 heavy (non-hydrogen) atoms. The number of nitrogens with one attached hydrogen (secondary N) is 1. The van der Waals surface area contributed by atoms with E-state index < -0.39 is 5.54 Å². The highest BCUT2D eigenvalue weighted by Crippen LogP contribution is 2.10. The van der Waals surface area contributed by atoms with Gasteiger partial charge in [-0.3, -0.25) is 9.69 Å². The molecule has 0 aliphatic carbocycles. The van der Waals surface area contributed by atoms with Gasteiger partial charge in [0.05, 0.1) is 12.1 Å². The Morgan fingerprint density at radius 1 is 1.42 bits per heavy atom. The molecule has 1 aromatic rings. The van der Waals surface area contributed by atoms with E-state index in [2.05, 4.69) is 11.2 Å². The number of rotatable bonds is 5. The lowest BCUT2D eigenvalue weighted by molar-refractivity contribution is -0.122. The van der Waals surface area contributed by atoms with Gasteiger partial charge in [0.2, 0.25) is 5.91 Å². The first kappa shape index (κ1) is 15.3. The molecule has 3 heteroatoms. The number of hydrogen-bond acceptors (Lipinski definition) is 2. The Bertz CT molecular complexity index is 486. The normalized spacial score (nSPS) is 11.2. The van der Waals surface area contributed by atoms with Crippen LogP contribution in [0.1, 0.15) is 25.0 Å². The van der Waals surface area contributed by atoms with Gasteiger partial charge in [0, 0.05) is 6.54 Å². The maximum absolute atomic E-state index is 11.9. The summed E-state index contributed by atoms with van der Waals surface area (Å²) in [4.78, 5) is 13.7. The Labute approximate surface area is 116 Å². The molecule has 1 rings (SSSR count). The lowest BCUT2D eigenvalue weighted by Crippen LogP contribution is -2.45. The van der Waals surface area contributed by atoms with E-state index in [1.54, 1.807) is 0 Å². The second kappa shape index (κ2) is 6.40. The number of terminal acetylenes is 1. The molecule has 0 saturated heterocycles. The zero-order chi connectivity index (χ0) is 14.5. The minimum absolute atomic E-state index is 0.0194. The Balaban J connectivity index is 2.50. The van der Waals surface area contributed by atoms with Gasteiger partial charge in [0.25, 0.3) is 0 Å². The zero-order valence-corrected chi connectivity index (χ0v) is 12.2. The third kappa shape index (κ3) is 4.42. The second-order valence-electron chi connectivity index (χ2n) is 5.26. The third-order valence-corrected chi connectivity index (χ3v) is 3.43. The number of aryl methyl sites for hydroxylation is 1. The Morgan fingerprint density at radius 2 is 2.05 bits per heavy atom. The van der Waals surface area contributed by atoms with Crippen LogP contribution in [0.15, 0.2) is 24.3 Å². The highest BCUT2D eigenvalue weighted by Gasteiger charge is 2.22. The summed E-state index contributed by atoms with van der Waals surface area (Å²) in [6, 6.07) is 8.02. The fraction of sp³-hybridized carbons (Fsp3) is 0.438. The second-order valence-corrected chi connectivity index (χ2v) is 5.26. The zero-order valence-electron chi connectivity index (χ0n) is 12.2. The quantitative estimate of drug-likeness (QED) is 0.819. The standard InChI is InChI=1S/C16H22N2O/c1-6-16(3,4)18(5)12-15(19)17-11-14-10-8-7-9-13(14)2/h1,7-10H,11-12H2,2-5H3,(H,17,19). The highest BCUT2D eigenvalue weighted by atomic mass is 16.2. The number of carbonyl (C=O) groups is 1. The van der Waals surface area contributed by atoms with E-state index in [0.717, 1.165) is 5.56 Å². The van der Waals surface area contributed by atoms with Crippen LogP contribution >= 0.6 is 0 Å². The predicted molar refractivity (Wildman–Crippen MR) is 78.6 cm³/mol. The van der Waals surface area contributed by atoms with E-state index in [4.69, 9.17) is 6.42 Å². The third-order valence-electron chi connectivity index (χ3n) is 3.43.